The van der Waals surface area contributed by atoms with Gasteiger partial charge in [-0.15, -0.1) is 0 Å². The molecule has 0 atom stereocenters. The van der Waals surface area contributed by atoms with E-state index in [1.807, 2.05) is 23.1 Å². The zero-order valence-corrected chi connectivity index (χ0v) is 19.8. The highest BCUT2D eigenvalue weighted by Crippen LogP contribution is 2.36. The largest absolute Gasteiger partial charge is 0.360 e. The van der Waals surface area contributed by atoms with E-state index in [4.69, 9.17) is 39.9 Å². The zero-order valence-electron chi connectivity index (χ0n) is 17.5. The fourth-order valence-electron chi connectivity index (χ4n) is 3.72. The lowest BCUT2D eigenvalue weighted by Crippen LogP contribution is -2.52. The Bertz CT molecular complexity index is 1110. The molecule has 0 bridgehead atoms. The lowest BCUT2D eigenvalue weighted by atomic mass is 10.1. The van der Waals surface area contributed by atoms with Crippen molar-refractivity contribution in [1.29, 1.82) is 0 Å². The van der Waals surface area contributed by atoms with E-state index in [1.54, 1.807) is 25.1 Å². The fraction of sp³-hybridized carbons (Fsp3) is 0.261. The van der Waals surface area contributed by atoms with Crippen molar-refractivity contribution in [1.82, 2.24) is 20.3 Å². The van der Waals surface area contributed by atoms with Crippen molar-refractivity contribution in [3.05, 3.63) is 75.5 Å². The molecule has 1 fully saturated rings. The second-order valence-corrected chi connectivity index (χ2v) is 8.77. The summed E-state index contributed by atoms with van der Waals surface area (Å²) < 4.78 is 5.29. The van der Waals surface area contributed by atoms with E-state index in [9.17, 15) is 4.79 Å². The number of aryl methyl sites for hydroxylation is 1. The third kappa shape index (κ3) is 4.96. The van der Waals surface area contributed by atoms with E-state index < -0.39 is 5.91 Å². The van der Waals surface area contributed by atoms with Gasteiger partial charge in [-0.05, 0) is 36.8 Å². The van der Waals surface area contributed by atoms with E-state index in [0.29, 0.717) is 32.2 Å². The smallest absolute Gasteiger partial charge is 0.263 e. The molecule has 0 saturated carbocycles. The standard InChI is InChI=1S/C23H22Cl2N4O2S/c1-15-19(21(27-31-15)20-17(24)8-5-9-18(20)25)22(30)26-23(32)29-12-10-28(11-13-29)14-16-6-3-2-4-7-16/h2-9H,10-14H2,1H3,(H,26,30,32). The minimum absolute atomic E-state index is 0.269. The van der Waals surface area contributed by atoms with E-state index in [-0.39, 0.29) is 5.56 Å². The van der Waals surface area contributed by atoms with Gasteiger partial charge in [-0.3, -0.25) is 15.0 Å². The molecular formula is C23H22Cl2N4O2S. The Labute approximate surface area is 202 Å². The van der Waals surface area contributed by atoms with Gasteiger partial charge in [0.25, 0.3) is 5.91 Å². The van der Waals surface area contributed by atoms with Crippen molar-refractivity contribution in [3.8, 4) is 11.3 Å². The maximum atomic E-state index is 13.1. The summed E-state index contributed by atoms with van der Waals surface area (Å²) in [5, 5.41) is 8.00. The predicted octanol–water partition coefficient (Wildman–Crippen LogP) is 4.79. The number of thiocarbonyl (C=S) groups is 1. The Morgan fingerprint density at radius 3 is 2.38 bits per heavy atom. The first-order chi connectivity index (χ1) is 15.4. The molecule has 32 heavy (non-hydrogen) atoms. The lowest BCUT2D eigenvalue weighted by molar-refractivity contribution is 0.0968. The second kappa shape index (κ2) is 10.0. The number of aromatic nitrogens is 1. The highest BCUT2D eigenvalue weighted by Gasteiger charge is 2.27. The summed E-state index contributed by atoms with van der Waals surface area (Å²) in [7, 11) is 0. The average Bonchev–Trinajstić information content (AvgIpc) is 3.16. The number of halogens is 2. The highest BCUT2D eigenvalue weighted by molar-refractivity contribution is 7.80. The molecule has 0 unspecified atom stereocenters. The third-order valence-electron chi connectivity index (χ3n) is 5.42. The summed E-state index contributed by atoms with van der Waals surface area (Å²) in [6, 6.07) is 15.5. The molecule has 2 aromatic carbocycles. The van der Waals surface area contributed by atoms with E-state index in [2.05, 4.69) is 27.5 Å². The first-order valence-corrected chi connectivity index (χ1v) is 11.4. The molecule has 2 heterocycles. The molecule has 1 amide bonds. The molecular weight excluding hydrogens is 467 g/mol. The molecule has 0 radical (unpaired) electrons. The summed E-state index contributed by atoms with van der Waals surface area (Å²) in [5.74, 6) is -0.0320. The molecule has 1 N–H and O–H groups in total. The van der Waals surface area contributed by atoms with Gasteiger partial charge in [0.2, 0.25) is 0 Å². The molecule has 4 rings (SSSR count). The zero-order chi connectivity index (χ0) is 22.7. The number of rotatable bonds is 4. The van der Waals surface area contributed by atoms with E-state index in [1.165, 1.54) is 5.56 Å². The van der Waals surface area contributed by atoms with Crippen LogP contribution in [0.3, 0.4) is 0 Å². The lowest BCUT2D eigenvalue weighted by Gasteiger charge is -2.36. The quantitative estimate of drug-likeness (QED) is 0.532. The molecule has 1 saturated heterocycles. The number of carbonyl (C=O) groups excluding carboxylic acids is 1. The third-order valence-corrected chi connectivity index (χ3v) is 6.41. The van der Waals surface area contributed by atoms with Gasteiger partial charge in [0.1, 0.15) is 17.0 Å². The van der Waals surface area contributed by atoms with Crippen molar-refractivity contribution in [2.24, 2.45) is 0 Å². The van der Waals surface area contributed by atoms with Gasteiger partial charge >= 0.3 is 0 Å². The van der Waals surface area contributed by atoms with Gasteiger partial charge in [-0.25, -0.2) is 0 Å². The molecule has 1 aliphatic rings. The minimum atomic E-state index is -0.397. The monoisotopic (exact) mass is 488 g/mol. The van der Waals surface area contributed by atoms with Gasteiger partial charge in [-0.2, -0.15) is 0 Å². The summed E-state index contributed by atoms with van der Waals surface area (Å²) in [5.41, 5.74) is 2.31. The summed E-state index contributed by atoms with van der Waals surface area (Å²) in [4.78, 5) is 17.5. The number of nitrogens with zero attached hydrogens (tertiary/aromatic N) is 3. The first kappa shape index (κ1) is 22.7. The van der Waals surface area contributed by atoms with Crippen LogP contribution in [0.25, 0.3) is 11.3 Å². The number of hydrogen-bond acceptors (Lipinski definition) is 5. The van der Waals surface area contributed by atoms with E-state index >= 15 is 0 Å². The molecule has 9 heteroatoms. The number of amides is 1. The van der Waals surface area contributed by atoms with Crippen LogP contribution in [-0.4, -0.2) is 52.2 Å². The maximum Gasteiger partial charge on any atom is 0.263 e. The van der Waals surface area contributed by atoms with Gasteiger partial charge < -0.3 is 9.42 Å². The molecule has 1 aliphatic heterocycles. The van der Waals surface area contributed by atoms with Crippen molar-refractivity contribution < 1.29 is 9.32 Å². The van der Waals surface area contributed by atoms with Crippen LogP contribution in [0.15, 0.2) is 53.1 Å². The van der Waals surface area contributed by atoms with Crippen LogP contribution < -0.4 is 5.32 Å². The van der Waals surface area contributed by atoms with Crippen molar-refractivity contribution in [2.45, 2.75) is 13.5 Å². The van der Waals surface area contributed by atoms with E-state index in [0.717, 1.165) is 32.7 Å². The van der Waals surface area contributed by atoms with Crippen LogP contribution >= 0.6 is 35.4 Å². The summed E-state index contributed by atoms with van der Waals surface area (Å²) in [6.45, 7) is 5.75. The number of nitrogens with one attached hydrogen (secondary N) is 1. The van der Waals surface area contributed by atoms with Gasteiger partial charge in [0, 0.05) is 38.3 Å². The van der Waals surface area contributed by atoms with Gasteiger partial charge in [0.15, 0.2) is 5.11 Å². The predicted molar refractivity (Wildman–Crippen MR) is 130 cm³/mol. The fourth-order valence-corrected chi connectivity index (χ4v) is 4.58. The highest BCUT2D eigenvalue weighted by atomic mass is 35.5. The Morgan fingerprint density at radius 2 is 1.72 bits per heavy atom. The number of carbonyl (C=O) groups is 1. The molecule has 0 aliphatic carbocycles. The van der Waals surface area contributed by atoms with Crippen LogP contribution in [-0.2, 0) is 6.54 Å². The molecule has 166 valence electrons. The van der Waals surface area contributed by atoms with Crippen LogP contribution in [0, 0.1) is 6.92 Å². The molecule has 0 spiro atoms. The average molecular weight is 489 g/mol. The van der Waals surface area contributed by atoms with Crippen LogP contribution in [0.4, 0.5) is 0 Å². The summed E-state index contributed by atoms with van der Waals surface area (Å²) in [6.07, 6.45) is 0. The summed E-state index contributed by atoms with van der Waals surface area (Å²) >= 11 is 18.1. The Kier molecular flexibility index (Phi) is 7.10. The van der Waals surface area contributed by atoms with Crippen molar-refractivity contribution in [2.75, 3.05) is 26.2 Å². The molecule has 3 aromatic rings. The second-order valence-electron chi connectivity index (χ2n) is 7.57. The van der Waals surface area contributed by atoms with Gasteiger partial charge in [-0.1, -0.05) is 64.8 Å². The number of hydrogen-bond donors (Lipinski definition) is 1. The van der Waals surface area contributed by atoms with Crippen molar-refractivity contribution in [3.63, 3.8) is 0 Å². The number of benzene rings is 2. The Balaban J connectivity index is 1.41. The Hall–Kier alpha value is -2.45. The molecule has 6 nitrogen and oxygen atoms in total. The molecule has 1 aromatic heterocycles. The SMILES string of the molecule is Cc1onc(-c2c(Cl)cccc2Cl)c1C(=O)NC(=S)N1CCN(Cc2ccccc2)CC1. The Morgan fingerprint density at radius 1 is 1.06 bits per heavy atom. The normalized spacial score (nSPS) is 14.4. The maximum absolute atomic E-state index is 13.1. The number of piperazine rings is 1. The first-order valence-electron chi connectivity index (χ1n) is 10.2. The topological polar surface area (TPSA) is 61.6 Å². The minimum Gasteiger partial charge on any atom is -0.360 e. The van der Waals surface area contributed by atoms with Gasteiger partial charge in [0.05, 0.1) is 10.0 Å². The van der Waals surface area contributed by atoms with Crippen LogP contribution in [0.2, 0.25) is 10.0 Å². The van der Waals surface area contributed by atoms with Crippen LogP contribution in [0.1, 0.15) is 21.7 Å². The van der Waals surface area contributed by atoms with Crippen LogP contribution in [0.5, 0.6) is 0 Å². The van der Waals surface area contributed by atoms with Crippen molar-refractivity contribution >= 4 is 46.4 Å².